The molecule has 1 aromatic rings. The number of ether oxygens (including phenoxy) is 2. The molecule has 1 rings (SSSR count). The van der Waals surface area contributed by atoms with E-state index in [4.69, 9.17) is 15.2 Å². The minimum Gasteiger partial charge on any atom is -0.493 e. The van der Waals surface area contributed by atoms with Gasteiger partial charge in [-0.2, -0.15) is 0 Å². The predicted molar refractivity (Wildman–Crippen MR) is 64.3 cm³/mol. The first kappa shape index (κ1) is 13.0. The molecule has 0 aromatic heterocycles. The quantitative estimate of drug-likeness (QED) is 0.621. The van der Waals surface area contributed by atoms with E-state index in [0.717, 1.165) is 0 Å². The molecule has 0 radical (unpaired) electrons. The number of benzene rings is 1. The molecule has 0 saturated carbocycles. The van der Waals surface area contributed by atoms with Gasteiger partial charge >= 0.3 is 0 Å². The number of nitrogens with two attached hydrogens (primary N) is 1. The van der Waals surface area contributed by atoms with Crippen LogP contribution in [0.3, 0.4) is 0 Å². The molecule has 1 aromatic carbocycles. The standard InChI is InChI=1S/C11H14N2O4/c1-7(6-12)8-4-10(16-2)11(17-3)5-9(8)13(14)15/h4-5H,1,6,12H2,2-3H3. The molecular formula is C11H14N2O4. The molecule has 0 spiro atoms. The average Bonchev–Trinajstić information content (AvgIpc) is 2.35. The first-order valence-electron chi connectivity index (χ1n) is 4.83. The minimum atomic E-state index is -0.502. The number of nitro groups is 1. The molecule has 6 heteroatoms. The molecule has 0 aliphatic carbocycles. The van der Waals surface area contributed by atoms with E-state index in [0.29, 0.717) is 22.6 Å². The maximum absolute atomic E-state index is 10.9. The van der Waals surface area contributed by atoms with Crippen LogP contribution in [0.2, 0.25) is 0 Å². The average molecular weight is 238 g/mol. The Morgan fingerprint density at radius 1 is 1.41 bits per heavy atom. The monoisotopic (exact) mass is 238 g/mol. The van der Waals surface area contributed by atoms with Crippen LogP contribution in [0.5, 0.6) is 11.5 Å². The summed E-state index contributed by atoms with van der Waals surface area (Å²) in [6.07, 6.45) is 0. The van der Waals surface area contributed by atoms with E-state index in [9.17, 15) is 10.1 Å². The Hall–Kier alpha value is -2.08. The van der Waals surface area contributed by atoms with Gasteiger partial charge in [0.05, 0.1) is 30.8 Å². The fourth-order valence-corrected chi connectivity index (χ4v) is 1.41. The highest BCUT2D eigenvalue weighted by Gasteiger charge is 2.20. The summed E-state index contributed by atoms with van der Waals surface area (Å²) in [5, 5.41) is 10.9. The van der Waals surface area contributed by atoms with Crippen molar-refractivity contribution in [2.24, 2.45) is 5.73 Å². The Bertz CT molecular complexity index is 457. The lowest BCUT2D eigenvalue weighted by atomic mass is 10.0. The van der Waals surface area contributed by atoms with Gasteiger partial charge in [0.25, 0.3) is 5.69 Å². The summed E-state index contributed by atoms with van der Waals surface area (Å²) < 4.78 is 10.1. The first-order chi connectivity index (χ1) is 8.04. The number of nitrogens with zero attached hydrogens (tertiary/aromatic N) is 1. The van der Waals surface area contributed by atoms with Crippen LogP contribution in [0.1, 0.15) is 5.56 Å². The highest BCUT2D eigenvalue weighted by Crippen LogP contribution is 2.36. The second-order valence-electron chi connectivity index (χ2n) is 3.29. The summed E-state index contributed by atoms with van der Waals surface area (Å²) in [5.41, 5.74) is 6.17. The van der Waals surface area contributed by atoms with E-state index < -0.39 is 4.92 Å². The Balaban J connectivity index is 3.45. The summed E-state index contributed by atoms with van der Waals surface area (Å²) in [4.78, 5) is 10.4. The lowest BCUT2D eigenvalue weighted by Gasteiger charge is -2.11. The molecule has 17 heavy (non-hydrogen) atoms. The van der Waals surface area contributed by atoms with Crippen molar-refractivity contribution in [1.82, 2.24) is 0 Å². The number of hydrogen-bond acceptors (Lipinski definition) is 5. The van der Waals surface area contributed by atoms with Gasteiger partial charge in [0, 0.05) is 6.54 Å². The Morgan fingerprint density at radius 2 is 1.94 bits per heavy atom. The van der Waals surface area contributed by atoms with Crippen LogP contribution >= 0.6 is 0 Å². The fraction of sp³-hybridized carbons (Fsp3) is 0.273. The fourth-order valence-electron chi connectivity index (χ4n) is 1.41. The Morgan fingerprint density at radius 3 is 2.35 bits per heavy atom. The Kier molecular flexibility index (Phi) is 4.06. The van der Waals surface area contributed by atoms with E-state index in [1.54, 1.807) is 0 Å². The van der Waals surface area contributed by atoms with Gasteiger partial charge in [-0.3, -0.25) is 10.1 Å². The molecule has 0 unspecified atom stereocenters. The summed E-state index contributed by atoms with van der Waals surface area (Å²) in [7, 11) is 2.87. The van der Waals surface area contributed by atoms with Crippen LogP contribution in [-0.4, -0.2) is 25.7 Å². The van der Waals surface area contributed by atoms with Crippen LogP contribution in [0.15, 0.2) is 18.7 Å². The number of methoxy groups -OCH3 is 2. The summed E-state index contributed by atoms with van der Waals surface area (Å²) in [6, 6.07) is 2.81. The van der Waals surface area contributed by atoms with Crippen molar-refractivity contribution < 1.29 is 14.4 Å². The van der Waals surface area contributed by atoms with Gasteiger partial charge in [-0.15, -0.1) is 0 Å². The van der Waals surface area contributed by atoms with Crippen molar-refractivity contribution in [3.63, 3.8) is 0 Å². The number of hydrogen-bond donors (Lipinski definition) is 1. The molecule has 0 amide bonds. The second kappa shape index (κ2) is 5.31. The minimum absolute atomic E-state index is 0.0990. The lowest BCUT2D eigenvalue weighted by molar-refractivity contribution is -0.385. The largest absolute Gasteiger partial charge is 0.493 e. The highest BCUT2D eigenvalue weighted by molar-refractivity contribution is 5.75. The molecule has 0 aliphatic rings. The molecule has 0 aliphatic heterocycles. The zero-order valence-corrected chi connectivity index (χ0v) is 9.73. The van der Waals surface area contributed by atoms with E-state index in [2.05, 4.69) is 6.58 Å². The summed E-state index contributed by atoms with van der Waals surface area (Å²) in [6.45, 7) is 3.83. The van der Waals surface area contributed by atoms with Crippen LogP contribution in [0, 0.1) is 10.1 Å². The molecule has 0 atom stereocenters. The maximum atomic E-state index is 10.9. The zero-order chi connectivity index (χ0) is 13.0. The predicted octanol–water partition coefficient (Wildman–Crippen LogP) is 1.58. The van der Waals surface area contributed by atoms with E-state index in [1.165, 1.54) is 26.4 Å². The molecule has 0 saturated heterocycles. The van der Waals surface area contributed by atoms with E-state index in [-0.39, 0.29) is 12.2 Å². The molecular weight excluding hydrogens is 224 g/mol. The van der Waals surface area contributed by atoms with Crippen molar-refractivity contribution in [2.75, 3.05) is 20.8 Å². The van der Waals surface area contributed by atoms with Crippen LogP contribution < -0.4 is 15.2 Å². The van der Waals surface area contributed by atoms with Crippen LogP contribution in [0.25, 0.3) is 5.57 Å². The van der Waals surface area contributed by atoms with Crippen molar-refractivity contribution in [3.05, 3.63) is 34.4 Å². The molecule has 0 fully saturated rings. The van der Waals surface area contributed by atoms with Gasteiger partial charge in [0.15, 0.2) is 11.5 Å². The van der Waals surface area contributed by atoms with Crippen molar-refractivity contribution in [1.29, 1.82) is 0 Å². The molecule has 6 nitrogen and oxygen atoms in total. The number of nitro benzene ring substituents is 1. The summed E-state index contributed by atoms with van der Waals surface area (Å²) in [5.74, 6) is 0.704. The lowest BCUT2D eigenvalue weighted by Crippen LogP contribution is -2.05. The van der Waals surface area contributed by atoms with Gasteiger partial charge < -0.3 is 15.2 Å². The van der Waals surface area contributed by atoms with Gasteiger partial charge in [0.1, 0.15) is 0 Å². The zero-order valence-electron chi connectivity index (χ0n) is 9.73. The van der Waals surface area contributed by atoms with Crippen molar-refractivity contribution >= 4 is 11.3 Å². The van der Waals surface area contributed by atoms with Gasteiger partial charge in [0.2, 0.25) is 0 Å². The third-order valence-electron chi connectivity index (χ3n) is 2.33. The highest BCUT2D eigenvalue weighted by atomic mass is 16.6. The van der Waals surface area contributed by atoms with Gasteiger partial charge in [-0.25, -0.2) is 0 Å². The van der Waals surface area contributed by atoms with E-state index in [1.807, 2.05) is 0 Å². The molecule has 0 heterocycles. The third-order valence-corrected chi connectivity index (χ3v) is 2.33. The third kappa shape index (κ3) is 2.54. The van der Waals surface area contributed by atoms with Gasteiger partial charge in [-0.1, -0.05) is 6.58 Å². The normalized spacial score (nSPS) is 9.82. The van der Waals surface area contributed by atoms with Crippen molar-refractivity contribution in [2.45, 2.75) is 0 Å². The van der Waals surface area contributed by atoms with Crippen LogP contribution in [-0.2, 0) is 0 Å². The molecule has 0 bridgehead atoms. The second-order valence-corrected chi connectivity index (χ2v) is 3.29. The molecule has 2 N–H and O–H groups in total. The van der Waals surface area contributed by atoms with E-state index >= 15 is 0 Å². The van der Waals surface area contributed by atoms with Crippen molar-refractivity contribution in [3.8, 4) is 11.5 Å². The summed E-state index contributed by atoms with van der Waals surface area (Å²) >= 11 is 0. The van der Waals surface area contributed by atoms with Gasteiger partial charge in [-0.05, 0) is 11.6 Å². The van der Waals surface area contributed by atoms with Crippen LogP contribution in [0.4, 0.5) is 5.69 Å². The topological polar surface area (TPSA) is 87.6 Å². The maximum Gasteiger partial charge on any atom is 0.280 e. The molecule has 92 valence electrons. The smallest absolute Gasteiger partial charge is 0.280 e. The number of rotatable bonds is 5. The SMILES string of the molecule is C=C(CN)c1cc(OC)c(OC)cc1[N+](=O)[O-]. The first-order valence-corrected chi connectivity index (χ1v) is 4.83. The Labute approximate surface area is 98.8 Å².